The minimum Gasteiger partial charge on any atom is -0.480 e. The van der Waals surface area contributed by atoms with Crippen LogP contribution in [0.3, 0.4) is 0 Å². The molecule has 144 valence electrons. The van der Waals surface area contributed by atoms with Crippen molar-refractivity contribution in [2.75, 3.05) is 39.8 Å². The Kier molecular flexibility index (Phi) is 7.17. The van der Waals surface area contributed by atoms with Crippen LogP contribution in [0, 0.1) is 0 Å². The maximum Gasteiger partial charge on any atom is 0.320 e. The molecule has 1 aromatic rings. The zero-order chi connectivity index (χ0) is 19.3. The molecule has 26 heavy (non-hydrogen) atoms. The molecule has 0 spiro atoms. The highest BCUT2D eigenvalue weighted by atomic mass is 16.4. The van der Waals surface area contributed by atoms with Gasteiger partial charge in [-0.3, -0.25) is 19.4 Å². The van der Waals surface area contributed by atoms with E-state index in [1.807, 2.05) is 4.90 Å². The summed E-state index contributed by atoms with van der Waals surface area (Å²) in [4.78, 5) is 29.1. The molecule has 1 aliphatic heterocycles. The van der Waals surface area contributed by atoms with Crippen LogP contribution in [-0.4, -0.2) is 77.5 Å². The summed E-state index contributed by atoms with van der Waals surface area (Å²) in [7, 11) is 1.67. The molecule has 1 aliphatic rings. The summed E-state index contributed by atoms with van der Waals surface area (Å²) in [5, 5.41) is 9.02. The highest BCUT2D eigenvalue weighted by Gasteiger charge is 2.25. The molecule has 1 unspecified atom stereocenters. The molecule has 6 nitrogen and oxygen atoms in total. The lowest BCUT2D eigenvalue weighted by Crippen LogP contribution is -2.51. The molecule has 1 saturated heterocycles. The highest BCUT2D eigenvalue weighted by molar-refractivity contribution is 5.80. The number of carbonyl (C=O) groups is 2. The molecule has 2 rings (SSSR count). The molecule has 1 fully saturated rings. The van der Waals surface area contributed by atoms with Crippen LogP contribution in [0.4, 0.5) is 0 Å². The molecule has 6 heteroatoms. The second kappa shape index (κ2) is 9.14. The first-order chi connectivity index (χ1) is 12.3. The number of carboxylic acid groups (broad SMARTS) is 1. The lowest BCUT2D eigenvalue weighted by Gasteiger charge is -2.35. The quantitative estimate of drug-likeness (QED) is 0.803. The first-order valence-corrected chi connectivity index (χ1v) is 9.30. The molecule has 0 saturated carbocycles. The van der Waals surface area contributed by atoms with E-state index < -0.39 is 12.0 Å². The maximum absolute atomic E-state index is 12.4. The third kappa shape index (κ3) is 5.54. The number of nitrogens with zero attached hydrogens (tertiary/aromatic N) is 3. The number of hydrogen-bond acceptors (Lipinski definition) is 4. The molecule has 0 bridgehead atoms. The minimum atomic E-state index is -0.909. The van der Waals surface area contributed by atoms with Gasteiger partial charge in [0.05, 0.1) is 6.54 Å². The van der Waals surface area contributed by atoms with Crippen molar-refractivity contribution in [3.8, 4) is 0 Å². The standard InChI is InChI=1S/C20H31N3O3/c1-15(2)18-7-5-17(6-8-18)13-22-9-11-23(12-10-22)19(24)14-21(4)16(3)20(25)26/h5-8,15-16H,9-14H2,1-4H3,(H,25,26). The monoisotopic (exact) mass is 361 g/mol. The Morgan fingerprint density at radius 1 is 1.08 bits per heavy atom. The fourth-order valence-corrected chi connectivity index (χ4v) is 3.06. The van der Waals surface area contributed by atoms with Gasteiger partial charge in [0, 0.05) is 32.7 Å². The summed E-state index contributed by atoms with van der Waals surface area (Å²) in [5.41, 5.74) is 2.65. The summed E-state index contributed by atoms with van der Waals surface area (Å²) in [6, 6.07) is 8.11. The van der Waals surface area contributed by atoms with Gasteiger partial charge in [-0.25, -0.2) is 0 Å². The number of rotatable bonds is 7. The van der Waals surface area contributed by atoms with Crippen LogP contribution in [0.15, 0.2) is 24.3 Å². The predicted molar refractivity (Wildman–Crippen MR) is 102 cm³/mol. The van der Waals surface area contributed by atoms with E-state index in [0.717, 1.165) is 19.6 Å². The Morgan fingerprint density at radius 2 is 1.65 bits per heavy atom. The summed E-state index contributed by atoms with van der Waals surface area (Å²) in [6.07, 6.45) is 0. The molecule has 0 radical (unpaired) electrons. The fraction of sp³-hybridized carbons (Fsp3) is 0.600. The van der Waals surface area contributed by atoms with E-state index >= 15 is 0 Å². The van der Waals surface area contributed by atoms with Gasteiger partial charge in [-0.05, 0) is 31.0 Å². The van der Waals surface area contributed by atoms with Gasteiger partial charge in [-0.1, -0.05) is 38.1 Å². The molecule has 0 aromatic heterocycles. The van der Waals surface area contributed by atoms with Crippen molar-refractivity contribution in [1.29, 1.82) is 0 Å². The number of hydrogen-bond donors (Lipinski definition) is 1. The first-order valence-electron chi connectivity index (χ1n) is 9.30. The predicted octanol–water partition coefficient (Wildman–Crippen LogP) is 1.86. The number of amides is 1. The van der Waals surface area contributed by atoms with Crippen LogP contribution in [0.5, 0.6) is 0 Å². The van der Waals surface area contributed by atoms with Crippen LogP contribution in [0.25, 0.3) is 0 Å². The van der Waals surface area contributed by atoms with Crippen LogP contribution < -0.4 is 0 Å². The van der Waals surface area contributed by atoms with Crippen molar-refractivity contribution >= 4 is 11.9 Å². The second-order valence-electron chi connectivity index (χ2n) is 7.48. The number of piperazine rings is 1. The van der Waals surface area contributed by atoms with Crippen molar-refractivity contribution in [2.45, 2.75) is 39.3 Å². The Morgan fingerprint density at radius 3 is 2.15 bits per heavy atom. The third-order valence-electron chi connectivity index (χ3n) is 5.18. The largest absolute Gasteiger partial charge is 0.480 e. The van der Waals surface area contributed by atoms with E-state index in [2.05, 4.69) is 43.0 Å². The van der Waals surface area contributed by atoms with Gasteiger partial charge < -0.3 is 10.0 Å². The Hall–Kier alpha value is -1.92. The number of aliphatic carboxylic acids is 1. The van der Waals surface area contributed by atoms with Crippen molar-refractivity contribution in [1.82, 2.24) is 14.7 Å². The summed E-state index contributed by atoms with van der Waals surface area (Å²) >= 11 is 0. The summed E-state index contributed by atoms with van der Waals surface area (Å²) in [5.74, 6) is -0.365. The molecular weight excluding hydrogens is 330 g/mol. The van der Waals surface area contributed by atoms with Gasteiger partial charge in [0.15, 0.2) is 0 Å². The SMILES string of the molecule is CC(C)c1ccc(CN2CCN(C(=O)CN(C)C(C)C(=O)O)CC2)cc1. The van der Waals surface area contributed by atoms with E-state index in [1.54, 1.807) is 18.9 Å². The van der Waals surface area contributed by atoms with E-state index in [9.17, 15) is 9.59 Å². The lowest BCUT2D eigenvalue weighted by molar-refractivity contribution is -0.143. The van der Waals surface area contributed by atoms with E-state index in [-0.39, 0.29) is 12.5 Å². The molecule has 0 aliphatic carbocycles. The topological polar surface area (TPSA) is 64.1 Å². The van der Waals surface area contributed by atoms with E-state index in [0.29, 0.717) is 19.0 Å². The van der Waals surface area contributed by atoms with Crippen molar-refractivity contribution in [3.63, 3.8) is 0 Å². The van der Waals surface area contributed by atoms with Crippen molar-refractivity contribution in [2.24, 2.45) is 0 Å². The molecular formula is C20H31N3O3. The molecule has 1 heterocycles. The van der Waals surface area contributed by atoms with Gasteiger partial charge in [-0.15, -0.1) is 0 Å². The van der Waals surface area contributed by atoms with Gasteiger partial charge in [0.2, 0.25) is 5.91 Å². The van der Waals surface area contributed by atoms with Crippen LogP contribution in [0.2, 0.25) is 0 Å². The average Bonchev–Trinajstić information content (AvgIpc) is 2.61. The maximum atomic E-state index is 12.4. The molecule has 1 aromatic carbocycles. The zero-order valence-electron chi connectivity index (χ0n) is 16.3. The van der Waals surface area contributed by atoms with Crippen LogP contribution >= 0.6 is 0 Å². The van der Waals surface area contributed by atoms with Gasteiger partial charge in [0.1, 0.15) is 6.04 Å². The van der Waals surface area contributed by atoms with Gasteiger partial charge >= 0.3 is 5.97 Å². The highest BCUT2D eigenvalue weighted by Crippen LogP contribution is 2.16. The third-order valence-corrected chi connectivity index (χ3v) is 5.18. The number of carbonyl (C=O) groups excluding carboxylic acids is 1. The Bertz CT molecular complexity index is 607. The van der Waals surface area contributed by atoms with Crippen LogP contribution in [0.1, 0.15) is 37.8 Å². The second-order valence-corrected chi connectivity index (χ2v) is 7.48. The molecule has 1 atom stereocenters. The summed E-state index contributed by atoms with van der Waals surface area (Å²) in [6.45, 7) is 10.1. The molecule has 1 N–H and O–H groups in total. The fourth-order valence-electron chi connectivity index (χ4n) is 3.06. The van der Waals surface area contributed by atoms with E-state index in [4.69, 9.17) is 5.11 Å². The normalized spacial score (nSPS) is 16.9. The van der Waals surface area contributed by atoms with Gasteiger partial charge in [-0.2, -0.15) is 0 Å². The zero-order valence-corrected chi connectivity index (χ0v) is 16.3. The number of likely N-dealkylation sites (N-methyl/N-ethyl adjacent to an activating group) is 1. The Labute approximate surface area is 156 Å². The Balaban J connectivity index is 1.79. The first kappa shape index (κ1) is 20.4. The molecule has 1 amide bonds. The van der Waals surface area contributed by atoms with Crippen molar-refractivity contribution in [3.05, 3.63) is 35.4 Å². The average molecular weight is 361 g/mol. The van der Waals surface area contributed by atoms with E-state index in [1.165, 1.54) is 11.1 Å². The smallest absolute Gasteiger partial charge is 0.320 e. The lowest BCUT2D eigenvalue weighted by atomic mass is 10.0. The summed E-state index contributed by atoms with van der Waals surface area (Å²) < 4.78 is 0. The van der Waals surface area contributed by atoms with Crippen LogP contribution in [-0.2, 0) is 16.1 Å². The van der Waals surface area contributed by atoms with Gasteiger partial charge in [0.25, 0.3) is 0 Å². The minimum absolute atomic E-state index is 0.00142. The number of benzene rings is 1. The number of carboxylic acids is 1. The van der Waals surface area contributed by atoms with Crippen molar-refractivity contribution < 1.29 is 14.7 Å².